The molecular formula is C20H18FN3O3. The molecule has 0 bridgehead atoms. The first kappa shape index (κ1) is 18.4. The smallest absolute Gasteiger partial charge is 0.328 e. The summed E-state index contributed by atoms with van der Waals surface area (Å²) in [6.45, 7) is 8.28. The van der Waals surface area contributed by atoms with Gasteiger partial charge in [0.25, 0.3) is 0 Å². The monoisotopic (exact) mass is 367 g/mol. The standard InChI is InChI=1S/C20H18FN3O3/c1-22-16-6-5-15(17(21)12-16)13-27-19-4-2-3-18(23-19)24-9-7-14(8-10-24)11-20(25)26/h2-6,11-12H,7-10,13H2,(H,25,26). The van der Waals surface area contributed by atoms with Crippen LogP contribution >= 0.6 is 0 Å². The average Bonchev–Trinajstić information content (AvgIpc) is 2.67. The lowest BCUT2D eigenvalue weighted by Crippen LogP contribution is -2.31. The van der Waals surface area contributed by atoms with Crippen molar-refractivity contribution in [1.82, 2.24) is 4.98 Å². The number of pyridine rings is 1. The van der Waals surface area contributed by atoms with Crippen LogP contribution < -0.4 is 9.64 Å². The lowest BCUT2D eigenvalue weighted by molar-refractivity contribution is -0.131. The number of nitrogens with zero attached hydrogens (tertiary/aromatic N) is 3. The fourth-order valence-corrected chi connectivity index (χ4v) is 2.88. The Balaban J connectivity index is 1.63. The van der Waals surface area contributed by atoms with Crippen molar-refractivity contribution in [3.8, 4) is 5.88 Å². The van der Waals surface area contributed by atoms with Gasteiger partial charge in [0.15, 0.2) is 5.69 Å². The van der Waals surface area contributed by atoms with Gasteiger partial charge in [0.2, 0.25) is 5.88 Å². The number of carbonyl (C=O) groups is 1. The molecule has 0 radical (unpaired) electrons. The summed E-state index contributed by atoms with van der Waals surface area (Å²) in [4.78, 5) is 20.5. The van der Waals surface area contributed by atoms with Crippen molar-refractivity contribution < 1.29 is 19.0 Å². The van der Waals surface area contributed by atoms with E-state index in [2.05, 4.69) is 14.7 Å². The molecule has 1 fully saturated rings. The molecule has 0 atom stereocenters. The largest absolute Gasteiger partial charge is 0.478 e. The van der Waals surface area contributed by atoms with Crippen molar-refractivity contribution in [2.45, 2.75) is 19.4 Å². The summed E-state index contributed by atoms with van der Waals surface area (Å²) >= 11 is 0. The Kier molecular flexibility index (Phi) is 5.67. The Hall–Kier alpha value is -3.40. The second-order valence-electron chi connectivity index (χ2n) is 6.14. The van der Waals surface area contributed by atoms with E-state index < -0.39 is 11.8 Å². The van der Waals surface area contributed by atoms with Gasteiger partial charge in [-0.3, -0.25) is 0 Å². The van der Waals surface area contributed by atoms with Crippen molar-refractivity contribution in [1.29, 1.82) is 0 Å². The molecule has 1 N–H and O–H groups in total. The molecule has 138 valence electrons. The number of piperidine rings is 1. The minimum Gasteiger partial charge on any atom is -0.478 e. The van der Waals surface area contributed by atoms with Crippen molar-refractivity contribution in [3.05, 3.63) is 70.8 Å². The minimum absolute atomic E-state index is 0.0199. The van der Waals surface area contributed by atoms with Crippen LogP contribution in [0.25, 0.3) is 4.85 Å². The van der Waals surface area contributed by atoms with Gasteiger partial charge in [-0.25, -0.2) is 14.0 Å². The quantitative estimate of drug-likeness (QED) is 0.640. The van der Waals surface area contributed by atoms with Gasteiger partial charge in [0, 0.05) is 30.8 Å². The van der Waals surface area contributed by atoms with E-state index in [4.69, 9.17) is 16.4 Å². The van der Waals surface area contributed by atoms with E-state index in [1.807, 2.05) is 12.1 Å². The van der Waals surface area contributed by atoms with Gasteiger partial charge in [-0.1, -0.05) is 23.8 Å². The molecule has 7 heteroatoms. The topological polar surface area (TPSA) is 67.0 Å². The highest BCUT2D eigenvalue weighted by molar-refractivity contribution is 5.80. The number of aromatic nitrogens is 1. The molecule has 0 aliphatic carbocycles. The van der Waals surface area contributed by atoms with E-state index in [1.165, 1.54) is 18.2 Å². The number of hydrogen-bond acceptors (Lipinski definition) is 4. The Bertz CT molecular complexity index is 911. The van der Waals surface area contributed by atoms with Crippen LogP contribution in [0.4, 0.5) is 15.9 Å². The van der Waals surface area contributed by atoms with E-state index >= 15 is 0 Å². The van der Waals surface area contributed by atoms with Gasteiger partial charge < -0.3 is 14.7 Å². The number of carboxylic acid groups (broad SMARTS) is 1. The molecule has 1 aliphatic rings. The molecule has 0 spiro atoms. The molecule has 1 saturated heterocycles. The SMILES string of the molecule is [C-]#[N+]c1ccc(COc2cccc(N3CCC(=CC(=O)O)CC3)n2)c(F)c1. The van der Waals surface area contributed by atoms with Crippen LogP contribution in [0.15, 0.2) is 48.0 Å². The van der Waals surface area contributed by atoms with E-state index in [0.717, 1.165) is 11.4 Å². The van der Waals surface area contributed by atoms with Crippen LogP contribution in [0.2, 0.25) is 0 Å². The highest BCUT2D eigenvalue weighted by Crippen LogP contribution is 2.24. The van der Waals surface area contributed by atoms with Gasteiger partial charge >= 0.3 is 5.97 Å². The molecule has 2 heterocycles. The fraction of sp³-hybridized carbons (Fsp3) is 0.250. The molecule has 1 aromatic heterocycles. The second-order valence-corrected chi connectivity index (χ2v) is 6.14. The predicted octanol–water partition coefficient (Wildman–Crippen LogP) is 3.96. The highest BCUT2D eigenvalue weighted by Gasteiger charge is 2.16. The summed E-state index contributed by atoms with van der Waals surface area (Å²) < 4.78 is 19.5. The van der Waals surface area contributed by atoms with Crippen LogP contribution in [-0.4, -0.2) is 29.1 Å². The van der Waals surface area contributed by atoms with Gasteiger partial charge in [0.1, 0.15) is 18.2 Å². The Morgan fingerprint density at radius 1 is 1.33 bits per heavy atom. The van der Waals surface area contributed by atoms with E-state index in [0.29, 0.717) is 37.4 Å². The molecule has 0 amide bonds. The first-order valence-corrected chi connectivity index (χ1v) is 8.48. The van der Waals surface area contributed by atoms with Crippen LogP contribution in [0.5, 0.6) is 5.88 Å². The first-order valence-electron chi connectivity index (χ1n) is 8.48. The number of carboxylic acids is 1. The summed E-state index contributed by atoms with van der Waals surface area (Å²) in [5, 5.41) is 8.83. The number of benzene rings is 1. The highest BCUT2D eigenvalue weighted by atomic mass is 19.1. The van der Waals surface area contributed by atoms with Crippen molar-refractivity contribution in [3.63, 3.8) is 0 Å². The van der Waals surface area contributed by atoms with Gasteiger partial charge in [-0.15, -0.1) is 0 Å². The summed E-state index contributed by atoms with van der Waals surface area (Å²) in [6, 6.07) is 9.66. The van der Waals surface area contributed by atoms with Gasteiger partial charge in [-0.05, 0) is 25.0 Å². The third kappa shape index (κ3) is 4.82. The fourth-order valence-electron chi connectivity index (χ4n) is 2.88. The van der Waals surface area contributed by atoms with Gasteiger partial charge in [-0.2, -0.15) is 4.98 Å². The molecule has 0 unspecified atom stereocenters. The van der Waals surface area contributed by atoms with Crippen LogP contribution in [0.1, 0.15) is 18.4 Å². The van der Waals surface area contributed by atoms with E-state index in [-0.39, 0.29) is 12.3 Å². The maximum Gasteiger partial charge on any atom is 0.328 e. The number of halogens is 1. The number of hydrogen-bond donors (Lipinski definition) is 1. The first-order chi connectivity index (χ1) is 13.0. The zero-order valence-corrected chi connectivity index (χ0v) is 14.6. The number of anilines is 1. The van der Waals surface area contributed by atoms with Crippen LogP contribution in [0, 0.1) is 12.4 Å². The number of aliphatic carboxylic acids is 1. The number of ether oxygens (including phenoxy) is 1. The summed E-state index contributed by atoms with van der Waals surface area (Å²) in [7, 11) is 0. The summed E-state index contributed by atoms with van der Waals surface area (Å²) in [6.07, 6.45) is 2.63. The molecule has 1 aliphatic heterocycles. The summed E-state index contributed by atoms with van der Waals surface area (Å²) in [5.74, 6) is -0.268. The summed E-state index contributed by atoms with van der Waals surface area (Å²) in [5.41, 5.74) is 1.53. The zero-order chi connectivity index (χ0) is 19.2. The maximum atomic E-state index is 13.9. The molecule has 6 nitrogen and oxygen atoms in total. The Morgan fingerprint density at radius 3 is 2.78 bits per heavy atom. The predicted molar refractivity (Wildman–Crippen MR) is 98.4 cm³/mol. The third-order valence-corrected chi connectivity index (χ3v) is 4.31. The van der Waals surface area contributed by atoms with Gasteiger partial charge in [0.05, 0.1) is 6.57 Å². The van der Waals surface area contributed by atoms with E-state index in [9.17, 15) is 9.18 Å². The third-order valence-electron chi connectivity index (χ3n) is 4.31. The molecule has 2 aromatic rings. The van der Waals surface area contributed by atoms with Crippen LogP contribution in [-0.2, 0) is 11.4 Å². The molecule has 27 heavy (non-hydrogen) atoms. The number of rotatable bonds is 5. The van der Waals surface area contributed by atoms with Crippen molar-refractivity contribution >= 4 is 17.5 Å². The van der Waals surface area contributed by atoms with Crippen molar-refractivity contribution in [2.24, 2.45) is 0 Å². The normalized spacial score (nSPS) is 13.8. The van der Waals surface area contributed by atoms with Crippen molar-refractivity contribution in [2.75, 3.05) is 18.0 Å². The molecular weight excluding hydrogens is 349 g/mol. The Morgan fingerprint density at radius 2 is 2.11 bits per heavy atom. The molecule has 0 saturated carbocycles. The molecule has 3 rings (SSSR count). The second kappa shape index (κ2) is 8.32. The maximum absolute atomic E-state index is 13.9. The minimum atomic E-state index is -0.913. The lowest BCUT2D eigenvalue weighted by Gasteiger charge is -2.29. The van der Waals surface area contributed by atoms with E-state index in [1.54, 1.807) is 12.1 Å². The zero-order valence-electron chi connectivity index (χ0n) is 14.6. The average molecular weight is 367 g/mol. The van der Waals surface area contributed by atoms with Crippen LogP contribution in [0.3, 0.4) is 0 Å². The lowest BCUT2D eigenvalue weighted by atomic mass is 10.0. The Labute approximate surface area is 156 Å². The molecule has 1 aromatic carbocycles.